The highest BCUT2D eigenvalue weighted by atomic mass is 16.2. The summed E-state index contributed by atoms with van der Waals surface area (Å²) in [4.78, 5) is 16.5. The summed E-state index contributed by atoms with van der Waals surface area (Å²) < 4.78 is 0. The van der Waals surface area contributed by atoms with Gasteiger partial charge in [0.15, 0.2) is 0 Å². The quantitative estimate of drug-likeness (QED) is 0.758. The second-order valence-corrected chi connectivity index (χ2v) is 5.86. The minimum absolute atomic E-state index is 0.0277. The summed E-state index contributed by atoms with van der Waals surface area (Å²) in [6.45, 7) is 4.35. The lowest BCUT2D eigenvalue weighted by molar-refractivity contribution is -0.132. The van der Waals surface area contributed by atoms with E-state index in [1.54, 1.807) is 0 Å². The molecule has 2 N–H and O–H groups in total. The summed E-state index contributed by atoms with van der Waals surface area (Å²) in [6, 6.07) is 10.1. The second kappa shape index (κ2) is 9.53. The van der Waals surface area contributed by atoms with Gasteiger partial charge in [0.05, 0.1) is 0 Å². The van der Waals surface area contributed by atoms with E-state index in [0.717, 1.165) is 31.5 Å². The van der Waals surface area contributed by atoms with Crippen LogP contribution in [0.4, 0.5) is 0 Å². The van der Waals surface area contributed by atoms with Crippen LogP contribution >= 0.6 is 0 Å². The average Bonchev–Trinajstić information content (AvgIpc) is 2.44. The van der Waals surface area contributed by atoms with Crippen LogP contribution in [-0.2, 0) is 11.3 Å². The largest absolute Gasteiger partial charge is 0.337 e. The van der Waals surface area contributed by atoms with E-state index in [1.807, 2.05) is 37.2 Å². The first-order valence-electron chi connectivity index (χ1n) is 7.75. The molecule has 0 radical (unpaired) electrons. The van der Waals surface area contributed by atoms with Crippen molar-refractivity contribution in [3.63, 3.8) is 0 Å². The zero-order valence-electron chi connectivity index (χ0n) is 13.6. The summed E-state index contributed by atoms with van der Waals surface area (Å²) in [7, 11) is 4.04. The smallest absolute Gasteiger partial charge is 0.224 e. The third-order valence-corrected chi connectivity index (χ3v) is 3.48. The number of carbonyl (C=O) groups excluding carboxylic acids is 1. The van der Waals surface area contributed by atoms with Crippen LogP contribution in [0.15, 0.2) is 30.3 Å². The topological polar surface area (TPSA) is 49.6 Å². The van der Waals surface area contributed by atoms with E-state index in [-0.39, 0.29) is 11.9 Å². The lowest BCUT2D eigenvalue weighted by Crippen LogP contribution is -2.39. The molecule has 0 aliphatic heterocycles. The molecule has 0 aliphatic carbocycles. The number of nitrogens with two attached hydrogens (primary N) is 1. The number of hydrogen-bond acceptors (Lipinski definition) is 3. The Morgan fingerprint density at radius 3 is 2.43 bits per heavy atom. The molecule has 0 fully saturated rings. The van der Waals surface area contributed by atoms with Crippen LogP contribution in [0.5, 0.6) is 0 Å². The highest BCUT2D eigenvalue weighted by Crippen LogP contribution is 2.08. The Hall–Kier alpha value is -1.39. The third-order valence-electron chi connectivity index (χ3n) is 3.48. The monoisotopic (exact) mass is 291 g/mol. The Morgan fingerprint density at radius 2 is 1.86 bits per heavy atom. The van der Waals surface area contributed by atoms with Gasteiger partial charge < -0.3 is 15.5 Å². The molecule has 4 nitrogen and oxygen atoms in total. The van der Waals surface area contributed by atoms with Gasteiger partial charge in [0, 0.05) is 32.1 Å². The Bertz CT molecular complexity index is 406. The van der Waals surface area contributed by atoms with E-state index in [4.69, 9.17) is 5.73 Å². The molecule has 118 valence electrons. The van der Waals surface area contributed by atoms with Crippen molar-refractivity contribution in [3.05, 3.63) is 35.9 Å². The van der Waals surface area contributed by atoms with Gasteiger partial charge >= 0.3 is 0 Å². The highest BCUT2D eigenvalue weighted by Gasteiger charge is 2.17. The van der Waals surface area contributed by atoms with Crippen molar-refractivity contribution in [3.8, 4) is 0 Å². The minimum atomic E-state index is -0.0277. The maximum atomic E-state index is 12.5. The van der Waals surface area contributed by atoms with Crippen LogP contribution in [0, 0.1) is 0 Å². The van der Waals surface area contributed by atoms with Gasteiger partial charge in [-0.1, -0.05) is 43.7 Å². The molecule has 1 amide bonds. The number of nitrogens with zero attached hydrogens (tertiary/aromatic N) is 2. The number of rotatable bonds is 9. The van der Waals surface area contributed by atoms with E-state index in [0.29, 0.717) is 13.0 Å². The van der Waals surface area contributed by atoms with Crippen LogP contribution in [-0.4, -0.2) is 48.9 Å². The van der Waals surface area contributed by atoms with E-state index in [1.165, 1.54) is 0 Å². The lowest BCUT2D eigenvalue weighted by atomic mass is 10.1. The molecular weight excluding hydrogens is 262 g/mol. The number of carbonyl (C=O) groups is 1. The molecule has 0 aliphatic rings. The van der Waals surface area contributed by atoms with Crippen molar-refractivity contribution in [2.24, 2.45) is 5.73 Å². The molecule has 0 saturated heterocycles. The van der Waals surface area contributed by atoms with Crippen molar-refractivity contribution in [2.45, 2.75) is 38.8 Å². The maximum Gasteiger partial charge on any atom is 0.224 e. The van der Waals surface area contributed by atoms with Crippen molar-refractivity contribution in [1.82, 2.24) is 9.80 Å². The van der Waals surface area contributed by atoms with Gasteiger partial charge in [-0.2, -0.15) is 0 Å². The summed E-state index contributed by atoms with van der Waals surface area (Å²) >= 11 is 0. The molecule has 0 aromatic heterocycles. The van der Waals surface area contributed by atoms with Crippen LogP contribution in [0.25, 0.3) is 0 Å². The molecule has 1 rings (SSSR count). The molecular formula is C17H29N3O. The van der Waals surface area contributed by atoms with E-state index in [2.05, 4.69) is 24.0 Å². The first kappa shape index (κ1) is 17.7. The molecule has 0 saturated carbocycles. The maximum absolute atomic E-state index is 12.5. The third kappa shape index (κ3) is 7.25. The van der Waals surface area contributed by atoms with Crippen LogP contribution in [0.1, 0.15) is 31.7 Å². The molecule has 1 aromatic rings. The molecule has 1 unspecified atom stereocenters. The number of amides is 1. The number of benzene rings is 1. The van der Waals surface area contributed by atoms with Crippen LogP contribution < -0.4 is 5.73 Å². The van der Waals surface area contributed by atoms with Gasteiger partial charge in [0.1, 0.15) is 0 Å². The van der Waals surface area contributed by atoms with Gasteiger partial charge in [-0.25, -0.2) is 0 Å². The fourth-order valence-electron chi connectivity index (χ4n) is 2.24. The molecule has 1 atom stereocenters. The van der Waals surface area contributed by atoms with E-state index >= 15 is 0 Å². The van der Waals surface area contributed by atoms with Crippen molar-refractivity contribution >= 4 is 5.91 Å². The fourth-order valence-corrected chi connectivity index (χ4v) is 2.24. The highest BCUT2D eigenvalue weighted by molar-refractivity contribution is 5.76. The first-order chi connectivity index (χ1) is 10.0. The normalized spacial score (nSPS) is 12.4. The van der Waals surface area contributed by atoms with Gasteiger partial charge in [-0.3, -0.25) is 4.79 Å². The SMILES string of the molecule is CCCC(N)CC(=O)N(CCN(C)C)Cc1ccccc1. The van der Waals surface area contributed by atoms with Crippen molar-refractivity contribution in [2.75, 3.05) is 27.2 Å². The Balaban J connectivity index is 2.64. The van der Waals surface area contributed by atoms with Gasteiger partial charge in [0.25, 0.3) is 0 Å². The summed E-state index contributed by atoms with van der Waals surface area (Å²) in [5, 5.41) is 0. The van der Waals surface area contributed by atoms with Crippen molar-refractivity contribution in [1.29, 1.82) is 0 Å². The predicted octanol–water partition coefficient (Wildman–Crippen LogP) is 2.09. The number of hydrogen-bond donors (Lipinski definition) is 1. The van der Waals surface area contributed by atoms with Gasteiger partial charge in [0.2, 0.25) is 5.91 Å². The Kier molecular flexibility index (Phi) is 8.01. The summed E-state index contributed by atoms with van der Waals surface area (Å²) in [5.74, 6) is 0.154. The van der Waals surface area contributed by atoms with Gasteiger partial charge in [-0.15, -0.1) is 0 Å². The molecule has 4 heteroatoms. The average molecular weight is 291 g/mol. The Morgan fingerprint density at radius 1 is 1.19 bits per heavy atom. The number of likely N-dealkylation sites (N-methyl/N-ethyl adjacent to an activating group) is 1. The first-order valence-corrected chi connectivity index (χ1v) is 7.75. The molecule has 0 spiro atoms. The standard InChI is InChI=1S/C17H29N3O/c1-4-8-16(18)13-17(21)20(12-11-19(2)3)14-15-9-6-5-7-10-15/h5-7,9-10,16H,4,8,11-14,18H2,1-3H3. The van der Waals surface area contributed by atoms with Gasteiger partial charge in [-0.05, 0) is 26.1 Å². The molecule has 0 heterocycles. The minimum Gasteiger partial charge on any atom is -0.337 e. The van der Waals surface area contributed by atoms with Crippen molar-refractivity contribution < 1.29 is 4.79 Å². The molecule has 0 bridgehead atoms. The predicted molar refractivity (Wildman–Crippen MR) is 87.9 cm³/mol. The van der Waals surface area contributed by atoms with E-state index in [9.17, 15) is 4.79 Å². The van der Waals surface area contributed by atoms with E-state index < -0.39 is 0 Å². The summed E-state index contributed by atoms with van der Waals surface area (Å²) in [5.41, 5.74) is 7.18. The molecule has 1 aromatic carbocycles. The second-order valence-electron chi connectivity index (χ2n) is 5.86. The zero-order valence-corrected chi connectivity index (χ0v) is 13.6. The van der Waals surface area contributed by atoms with Crippen LogP contribution in [0.2, 0.25) is 0 Å². The Labute approximate surface area is 128 Å². The lowest BCUT2D eigenvalue weighted by Gasteiger charge is -2.26. The van der Waals surface area contributed by atoms with Crippen LogP contribution in [0.3, 0.4) is 0 Å². The zero-order chi connectivity index (χ0) is 15.7. The summed E-state index contributed by atoms with van der Waals surface area (Å²) in [6.07, 6.45) is 2.36. The fraction of sp³-hybridized carbons (Fsp3) is 0.588. The molecule has 21 heavy (non-hydrogen) atoms.